The number of nitrogens with zero attached hydrogens (tertiary/aromatic N) is 1. The average molecular weight is 405 g/mol. The zero-order valence-electron chi connectivity index (χ0n) is 15.7. The maximum absolute atomic E-state index is 12.5. The Morgan fingerprint density at radius 3 is 2.89 bits per heavy atom. The molecule has 0 aromatic heterocycles. The van der Waals surface area contributed by atoms with Crippen LogP contribution >= 0.6 is 11.6 Å². The van der Waals surface area contributed by atoms with Crippen molar-refractivity contribution in [3.63, 3.8) is 0 Å². The minimum Gasteiger partial charge on any atom is -0.371 e. The Bertz CT molecular complexity index is 856. The number of benzene rings is 2. The number of nitrogens with one attached hydrogen (secondary N) is 1. The first-order chi connectivity index (χ1) is 12.9. The van der Waals surface area contributed by atoms with Gasteiger partial charge < -0.3 is 10.2 Å². The maximum Gasteiger partial charge on any atom is 0.251 e. The standard InChI is InChI=1S/C21H25ClN2O2S/c1-15-6-7-19(22)11-20(15)24-9-8-17(13-24)12-23-21(25)18-5-3-4-16(10-18)14-27(2)26/h3-7,10-11,17H,8-9,12-14H2,1-2H3,(H,23,25). The van der Waals surface area contributed by atoms with Crippen LogP contribution in [0.1, 0.15) is 27.9 Å². The lowest BCUT2D eigenvalue weighted by Crippen LogP contribution is -2.31. The fourth-order valence-electron chi connectivity index (χ4n) is 3.52. The molecule has 1 aliphatic heterocycles. The Morgan fingerprint density at radius 1 is 1.30 bits per heavy atom. The SMILES string of the molecule is Cc1ccc(Cl)cc1N1CCC(CNC(=O)c2cccc(CS(C)=O)c2)C1. The van der Waals surface area contributed by atoms with Crippen LogP contribution in [-0.2, 0) is 16.6 Å². The van der Waals surface area contributed by atoms with Crippen LogP contribution in [-0.4, -0.2) is 36.0 Å². The van der Waals surface area contributed by atoms with Gasteiger partial charge >= 0.3 is 0 Å². The van der Waals surface area contributed by atoms with Gasteiger partial charge in [-0.05, 0) is 54.7 Å². The molecule has 6 heteroatoms. The molecule has 2 atom stereocenters. The first-order valence-corrected chi connectivity index (χ1v) is 11.2. The molecule has 3 rings (SSSR count). The summed E-state index contributed by atoms with van der Waals surface area (Å²) >= 11 is 6.14. The number of carbonyl (C=O) groups excluding carboxylic acids is 1. The van der Waals surface area contributed by atoms with Gasteiger partial charge in [0, 0.05) is 58.7 Å². The number of anilines is 1. The van der Waals surface area contributed by atoms with Crippen molar-refractivity contribution in [2.75, 3.05) is 30.8 Å². The Hall–Kier alpha value is -1.85. The normalized spacial score (nSPS) is 17.7. The lowest BCUT2D eigenvalue weighted by Gasteiger charge is -2.21. The predicted molar refractivity (Wildman–Crippen MR) is 113 cm³/mol. The molecule has 1 fully saturated rings. The zero-order valence-corrected chi connectivity index (χ0v) is 17.3. The number of aryl methyl sites for hydroxylation is 1. The molecule has 2 aromatic carbocycles. The van der Waals surface area contributed by atoms with Crippen molar-refractivity contribution < 1.29 is 9.00 Å². The van der Waals surface area contributed by atoms with Crippen LogP contribution in [0.5, 0.6) is 0 Å². The molecule has 0 radical (unpaired) electrons. The lowest BCUT2D eigenvalue weighted by atomic mass is 10.1. The van der Waals surface area contributed by atoms with Crippen LogP contribution in [0.4, 0.5) is 5.69 Å². The van der Waals surface area contributed by atoms with Gasteiger partial charge in [-0.3, -0.25) is 9.00 Å². The second kappa shape index (κ2) is 8.89. The molecule has 1 aliphatic rings. The van der Waals surface area contributed by atoms with E-state index in [9.17, 15) is 9.00 Å². The summed E-state index contributed by atoms with van der Waals surface area (Å²) in [6.45, 7) is 4.63. The molecule has 4 nitrogen and oxygen atoms in total. The molecular weight excluding hydrogens is 380 g/mol. The first kappa shape index (κ1) is 19.9. The molecule has 1 N–H and O–H groups in total. The highest BCUT2D eigenvalue weighted by Crippen LogP contribution is 2.29. The van der Waals surface area contributed by atoms with Gasteiger partial charge in [0.25, 0.3) is 5.91 Å². The third-order valence-corrected chi connectivity index (χ3v) is 5.88. The van der Waals surface area contributed by atoms with Crippen LogP contribution < -0.4 is 10.2 Å². The summed E-state index contributed by atoms with van der Waals surface area (Å²) in [5.74, 6) is 0.812. The van der Waals surface area contributed by atoms with Gasteiger partial charge in [-0.1, -0.05) is 29.8 Å². The molecule has 0 bridgehead atoms. The van der Waals surface area contributed by atoms with Gasteiger partial charge in [-0.2, -0.15) is 0 Å². The fourth-order valence-corrected chi connectivity index (χ4v) is 4.33. The van der Waals surface area contributed by atoms with Gasteiger partial charge in [0.15, 0.2) is 0 Å². The second-order valence-corrected chi connectivity index (χ2v) is 9.03. The van der Waals surface area contributed by atoms with Crippen molar-refractivity contribution in [2.45, 2.75) is 19.1 Å². The molecular formula is C21H25ClN2O2S. The van der Waals surface area contributed by atoms with Gasteiger partial charge in [0.2, 0.25) is 0 Å². The molecule has 0 saturated carbocycles. The van der Waals surface area contributed by atoms with E-state index in [1.807, 2.05) is 36.4 Å². The molecule has 2 aromatic rings. The zero-order chi connectivity index (χ0) is 19.4. The summed E-state index contributed by atoms with van der Waals surface area (Å²) < 4.78 is 11.4. The van der Waals surface area contributed by atoms with E-state index >= 15 is 0 Å². The summed E-state index contributed by atoms with van der Waals surface area (Å²) in [6.07, 6.45) is 2.71. The summed E-state index contributed by atoms with van der Waals surface area (Å²) in [5, 5.41) is 3.80. The molecule has 0 aliphatic carbocycles. The van der Waals surface area contributed by atoms with Crippen molar-refractivity contribution in [2.24, 2.45) is 5.92 Å². The van der Waals surface area contributed by atoms with Crippen molar-refractivity contribution >= 4 is 34.0 Å². The molecule has 1 heterocycles. The van der Waals surface area contributed by atoms with E-state index in [4.69, 9.17) is 11.6 Å². The van der Waals surface area contributed by atoms with Crippen molar-refractivity contribution in [3.05, 3.63) is 64.2 Å². The Morgan fingerprint density at radius 2 is 2.11 bits per heavy atom. The highest BCUT2D eigenvalue weighted by molar-refractivity contribution is 7.83. The number of halogens is 1. The molecule has 2 unspecified atom stereocenters. The topological polar surface area (TPSA) is 49.4 Å². The number of carbonyl (C=O) groups is 1. The number of amides is 1. The van der Waals surface area contributed by atoms with Crippen LogP contribution in [0.2, 0.25) is 5.02 Å². The van der Waals surface area contributed by atoms with Crippen LogP contribution in [0.15, 0.2) is 42.5 Å². The highest BCUT2D eigenvalue weighted by Gasteiger charge is 2.24. The summed E-state index contributed by atoms with van der Waals surface area (Å²) in [7, 11) is -0.916. The van der Waals surface area contributed by atoms with Gasteiger partial charge in [-0.15, -0.1) is 0 Å². The smallest absolute Gasteiger partial charge is 0.251 e. The molecule has 27 heavy (non-hydrogen) atoms. The minimum atomic E-state index is -0.916. The van der Waals surface area contributed by atoms with E-state index < -0.39 is 10.8 Å². The van der Waals surface area contributed by atoms with Crippen molar-refractivity contribution in [1.82, 2.24) is 5.32 Å². The fraction of sp³-hybridized carbons (Fsp3) is 0.381. The van der Waals surface area contributed by atoms with Crippen LogP contribution in [0.25, 0.3) is 0 Å². The molecule has 0 spiro atoms. The van der Waals surface area contributed by atoms with E-state index in [2.05, 4.69) is 17.1 Å². The Balaban J connectivity index is 1.56. The minimum absolute atomic E-state index is 0.0730. The lowest BCUT2D eigenvalue weighted by molar-refractivity contribution is 0.0948. The summed E-state index contributed by atoms with van der Waals surface area (Å²) in [6, 6.07) is 13.3. The summed E-state index contributed by atoms with van der Waals surface area (Å²) in [5.41, 5.74) is 3.94. The van der Waals surface area contributed by atoms with E-state index in [1.165, 1.54) is 11.3 Å². The van der Waals surface area contributed by atoms with E-state index in [0.29, 0.717) is 23.8 Å². The maximum atomic E-state index is 12.5. The highest BCUT2D eigenvalue weighted by atomic mass is 35.5. The number of hydrogen-bond donors (Lipinski definition) is 1. The van der Waals surface area contributed by atoms with Gasteiger partial charge in [-0.25, -0.2) is 0 Å². The second-order valence-electron chi connectivity index (χ2n) is 7.16. The first-order valence-electron chi connectivity index (χ1n) is 9.10. The monoisotopic (exact) mass is 404 g/mol. The van der Waals surface area contributed by atoms with Gasteiger partial charge in [0.1, 0.15) is 0 Å². The Kier molecular flexibility index (Phi) is 6.55. The average Bonchev–Trinajstić information content (AvgIpc) is 3.10. The van der Waals surface area contributed by atoms with E-state index in [0.717, 1.165) is 30.1 Å². The van der Waals surface area contributed by atoms with E-state index in [1.54, 1.807) is 12.3 Å². The summed E-state index contributed by atoms with van der Waals surface area (Å²) in [4.78, 5) is 14.8. The van der Waals surface area contributed by atoms with Crippen LogP contribution in [0, 0.1) is 12.8 Å². The third kappa shape index (κ3) is 5.33. The Labute approximate surface area is 168 Å². The predicted octanol–water partition coefficient (Wildman–Crippen LogP) is 3.78. The largest absolute Gasteiger partial charge is 0.371 e. The van der Waals surface area contributed by atoms with Crippen molar-refractivity contribution in [1.29, 1.82) is 0 Å². The number of rotatable bonds is 6. The van der Waals surface area contributed by atoms with Gasteiger partial charge in [0.05, 0.1) is 0 Å². The third-order valence-electron chi connectivity index (χ3n) is 4.91. The molecule has 1 amide bonds. The number of hydrogen-bond acceptors (Lipinski definition) is 3. The van der Waals surface area contributed by atoms with Crippen molar-refractivity contribution in [3.8, 4) is 0 Å². The van der Waals surface area contributed by atoms with E-state index in [-0.39, 0.29) is 5.91 Å². The molecule has 144 valence electrons. The van der Waals surface area contributed by atoms with Crippen LogP contribution in [0.3, 0.4) is 0 Å². The molecule has 1 saturated heterocycles. The quantitative estimate of drug-likeness (QED) is 0.796.